The van der Waals surface area contributed by atoms with Gasteiger partial charge in [-0.3, -0.25) is 9.59 Å². The van der Waals surface area contributed by atoms with Crippen molar-refractivity contribution in [2.75, 3.05) is 24.6 Å². The number of carboxylic acid groups (broad SMARTS) is 1. The fraction of sp³-hybridized carbons (Fsp3) is 0.435. The van der Waals surface area contributed by atoms with Crippen molar-refractivity contribution in [2.24, 2.45) is 11.0 Å². The molecule has 31 heavy (non-hydrogen) atoms. The molecule has 0 spiro atoms. The molecule has 0 saturated heterocycles. The van der Waals surface area contributed by atoms with Crippen LogP contribution in [0.5, 0.6) is 0 Å². The Labute approximate surface area is 182 Å². The third-order valence-electron chi connectivity index (χ3n) is 5.45. The van der Waals surface area contributed by atoms with E-state index in [1.54, 1.807) is 24.3 Å². The molecule has 0 radical (unpaired) electrons. The van der Waals surface area contributed by atoms with E-state index in [1.165, 1.54) is 5.01 Å². The van der Waals surface area contributed by atoms with Gasteiger partial charge in [0.15, 0.2) is 5.88 Å². The second kappa shape index (κ2) is 10.1. The summed E-state index contributed by atoms with van der Waals surface area (Å²) in [5.41, 5.74) is 0.335. The number of carboxylic acids is 1. The summed E-state index contributed by atoms with van der Waals surface area (Å²) >= 11 is 0. The molecule has 1 aliphatic carbocycles. The molecule has 0 bridgehead atoms. The van der Waals surface area contributed by atoms with Crippen molar-refractivity contribution >= 4 is 29.7 Å². The molecule has 0 atom stereocenters. The van der Waals surface area contributed by atoms with Crippen molar-refractivity contribution in [2.45, 2.75) is 38.6 Å². The van der Waals surface area contributed by atoms with Gasteiger partial charge in [-0.1, -0.05) is 12.2 Å². The minimum Gasteiger partial charge on any atom is -0.481 e. The number of hydrogen-bond donors (Lipinski definition) is 1. The molecule has 3 rings (SSSR count). The van der Waals surface area contributed by atoms with E-state index in [-0.39, 0.29) is 23.8 Å². The number of anilines is 1. The molecule has 0 aromatic carbocycles. The highest BCUT2D eigenvalue weighted by Crippen LogP contribution is 2.32. The maximum absolute atomic E-state index is 13.1. The summed E-state index contributed by atoms with van der Waals surface area (Å²) in [6.45, 7) is 10.9. The molecule has 0 unspecified atom stereocenters. The Morgan fingerprint density at radius 2 is 1.97 bits per heavy atom. The fourth-order valence-electron chi connectivity index (χ4n) is 3.89. The Morgan fingerprint density at radius 3 is 2.55 bits per heavy atom. The lowest BCUT2D eigenvalue weighted by Crippen LogP contribution is -2.37. The van der Waals surface area contributed by atoms with Crippen molar-refractivity contribution < 1.29 is 23.8 Å². The van der Waals surface area contributed by atoms with Gasteiger partial charge in [0.25, 0.3) is 5.91 Å². The highest BCUT2D eigenvalue weighted by Gasteiger charge is 2.38. The summed E-state index contributed by atoms with van der Waals surface area (Å²) in [6.07, 6.45) is 7.47. The van der Waals surface area contributed by atoms with Crippen LogP contribution in [-0.4, -0.2) is 53.6 Å². The van der Waals surface area contributed by atoms with Gasteiger partial charge in [0.1, 0.15) is 11.3 Å². The number of carbonyl (C=O) groups is 2. The predicted molar refractivity (Wildman–Crippen MR) is 119 cm³/mol. The maximum Gasteiger partial charge on any atom is 0.306 e. The van der Waals surface area contributed by atoms with Gasteiger partial charge in [-0.05, 0) is 44.7 Å². The predicted octanol–water partition coefficient (Wildman–Crippen LogP) is 3.68. The lowest BCUT2D eigenvalue weighted by atomic mass is 9.86. The Bertz CT molecular complexity index is 883. The number of aliphatic carboxylic acids is 1. The van der Waals surface area contributed by atoms with Gasteiger partial charge < -0.3 is 19.2 Å². The van der Waals surface area contributed by atoms with E-state index >= 15 is 0 Å². The summed E-state index contributed by atoms with van der Waals surface area (Å²) in [5.74, 6) is 0.0426. The van der Waals surface area contributed by atoms with Gasteiger partial charge in [0.05, 0.1) is 18.6 Å². The average Bonchev–Trinajstić information content (AvgIpc) is 3.34. The molecule has 8 nitrogen and oxygen atoms in total. The number of nitrogens with zero attached hydrogens (tertiary/aromatic N) is 3. The SMILES string of the molecule is C=CCN(CC=C)c1ccc(C=C2C(=O)N(C3CCC(C(=O)O)CC3)N=C2OCC)o1. The van der Waals surface area contributed by atoms with Crippen LogP contribution < -0.4 is 4.90 Å². The molecule has 1 fully saturated rings. The number of rotatable bonds is 9. The van der Waals surface area contributed by atoms with E-state index in [9.17, 15) is 14.7 Å². The molecule has 1 saturated carbocycles. The summed E-state index contributed by atoms with van der Waals surface area (Å²) in [4.78, 5) is 26.3. The number of ether oxygens (including phenoxy) is 1. The number of hydrazone groups is 1. The zero-order chi connectivity index (χ0) is 22.4. The van der Waals surface area contributed by atoms with Crippen LogP contribution in [0.2, 0.25) is 0 Å². The lowest BCUT2D eigenvalue weighted by molar-refractivity contribution is -0.143. The third kappa shape index (κ3) is 5.07. The third-order valence-corrected chi connectivity index (χ3v) is 5.45. The molecule has 1 aliphatic heterocycles. The van der Waals surface area contributed by atoms with E-state index in [2.05, 4.69) is 18.3 Å². The molecule has 1 amide bonds. The minimum atomic E-state index is -0.777. The molecule has 8 heteroatoms. The zero-order valence-corrected chi connectivity index (χ0v) is 17.8. The Balaban J connectivity index is 1.79. The quantitative estimate of drug-likeness (QED) is 0.477. The second-order valence-electron chi connectivity index (χ2n) is 7.55. The van der Waals surface area contributed by atoms with Crippen molar-refractivity contribution in [3.8, 4) is 0 Å². The van der Waals surface area contributed by atoms with Gasteiger partial charge in [-0.2, -0.15) is 0 Å². The van der Waals surface area contributed by atoms with Crippen LogP contribution >= 0.6 is 0 Å². The molecule has 1 aromatic rings. The van der Waals surface area contributed by atoms with Gasteiger partial charge in [-0.25, -0.2) is 5.01 Å². The van der Waals surface area contributed by atoms with E-state index in [0.29, 0.717) is 62.6 Å². The van der Waals surface area contributed by atoms with Crippen LogP contribution in [0.25, 0.3) is 6.08 Å². The molecule has 166 valence electrons. The van der Waals surface area contributed by atoms with Crippen LogP contribution in [0, 0.1) is 5.92 Å². The first-order chi connectivity index (χ1) is 15.0. The van der Waals surface area contributed by atoms with Gasteiger partial charge in [0, 0.05) is 19.2 Å². The highest BCUT2D eigenvalue weighted by atomic mass is 16.5. The van der Waals surface area contributed by atoms with Crippen molar-refractivity contribution in [1.82, 2.24) is 5.01 Å². The maximum atomic E-state index is 13.1. The molecule has 2 heterocycles. The number of hydrogen-bond acceptors (Lipinski definition) is 6. The summed E-state index contributed by atoms with van der Waals surface area (Å²) < 4.78 is 11.5. The first-order valence-electron chi connectivity index (χ1n) is 10.5. The molecule has 2 aliphatic rings. The molecule has 1 N–H and O–H groups in total. The summed E-state index contributed by atoms with van der Waals surface area (Å²) in [6, 6.07) is 3.49. The van der Waals surface area contributed by atoms with E-state index < -0.39 is 5.97 Å². The summed E-state index contributed by atoms with van der Waals surface area (Å²) in [7, 11) is 0. The van der Waals surface area contributed by atoms with Crippen molar-refractivity contribution in [3.63, 3.8) is 0 Å². The molecular formula is C23H29N3O5. The van der Waals surface area contributed by atoms with Crippen LogP contribution in [0.3, 0.4) is 0 Å². The van der Waals surface area contributed by atoms with Crippen LogP contribution in [0.1, 0.15) is 38.4 Å². The van der Waals surface area contributed by atoms with Gasteiger partial charge >= 0.3 is 5.97 Å². The summed E-state index contributed by atoms with van der Waals surface area (Å²) in [5, 5.41) is 15.1. The van der Waals surface area contributed by atoms with Crippen LogP contribution in [0.4, 0.5) is 5.88 Å². The Hall–Kier alpha value is -3.29. The van der Waals surface area contributed by atoms with Crippen molar-refractivity contribution in [1.29, 1.82) is 0 Å². The molecule has 1 aromatic heterocycles. The van der Waals surface area contributed by atoms with Crippen LogP contribution in [0.15, 0.2) is 52.5 Å². The first kappa shape index (κ1) is 22.4. The first-order valence-corrected chi connectivity index (χ1v) is 10.5. The topological polar surface area (TPSA) is 95.6 Å². The number of amides is 1. The van der Waals surface area contributed by atoms with E-state index in [1.807, 2.05) is 17.9 Å². The smallest absolute Gasteiger partial charge is 0.306 e. The Kier molecular flexibility index (Phi) is 7.33. The van der Waals surface area contributed by atoms with E-state index in [4.69, 9.17) is 9.15 Å². The minimum absolute atomic E-state index is 0.132. The van der Waals surface area contributed by atoms with Gasteiger partial charge in [0.2, 0.25) is 5.90 Å². The van der Waals surface area contributed by atoms with E-state index in [0.717, 1.165) is 0 Å². The largest absolute Gasteiger partial charge is 0.481 e. The second-order valence-corrected chi connectivity index (χ2v) is 7.55. The normalized spacial score (nSPS) is 22.4. The molecular weight excluding hydrogens is 398 g/mol. The number of carbonyl (C=O) groups excluding carboxylic acids is 1. The fourth-order valence-corrected chi connectivity index (χ4v) is 3.89. The zero-order valence-electron chi connectivity index (χ0n) is 17.8. The number of furan rings is 1. The van der Waals surface area contributed by atoms with Crippen LogP contribution in [-0.2, 0) is 14.3 Å². The average molecular weight is 428 g/mol. The lowest BCUT2D eigenvalue weighted by Gasteiger charge is -2.30. The highest BCUT2D eigenvalue weighted by molar-refractivity contribution is 6.24. The van der Waals surface area contributed by atoms with Crippen molar-refractivity contribution in [3.05, 3.63) is 48.8 Å². The standard InChI is InChI=1S/C23H29N3O5/c1-4-13-25(14-5-2)20-12-11-18(31-20)15-19-21(30-6-3)24-26(22(19)27)17-9-7-16(8-10-17)23(28)29/h4-5,11-12,15-17H,1-2,6-10,13-14H2,3H3,(H,28,29). The Morgan fingerprint density at radius 1 is 1.29 bits per heavy atom. The van der Waals surface area contributed by atoms with Gasteiger partial charge in [-0.15, -0.1) is 18.3 Å². The monoisotopic (exact) mass is 427 g/mol.